The van der Waals surface area contributed by atoms with Gasteiger partial charge in [0.15, 0.2) is 0 Å². The van der Waals surface area contributed by atoms with Gasteiger partial charge in [0.25, 0.3) is 5.91 Å². The monoisotopic (exact) mass is 415 g/mol. The summed E-state index contributed by atoms with van der Waals surface area (Å²) in [6, 6.07) is 13.4. The van der Waals surface area contributed by atoms with Crippen molar-refractivity contribution in [3.63, 3.8) is 0 Å². The van der Waals surface area contributed by atoms with Gasteiger partial charge < -0.3 is 15.0 Å². The van der Waals surface area contributed by atoms with Crippen LogP contribution in [0.15, 0.2) is 48.5 Å². The lowest BCUT2D eigenvalue weighted by atomic mass is 9.92. The van der Waals surface area contributed by atoms with E-state index in [1.807, 2.05) is 6.07 Å². The highest BCUT2D eigenvalue weighted by Gasteiger charge is 2.49. The molecule has 8 heteroatoms. The molecule has 0 saturated carbocycles. The molecule has 1 N–H and O–H groups in total. The molecule has 3 rings (SSSR count). The number of ether oxygens (including phenoxy) is 1. The number of likely N-dealkylation sites (N-methyl/N-ethyl adjacent to an activating group) is 1. The molecule has 0 aromatic heterocycles. The first-order valence-corrected chi connectivity index (χ1v) is 9.39. The Balaban J connectivity index is 1.71. The first kappa shape index (κ1) is 20.7. The lowest BCUT2D eigenvalue weighted by Gasteiger charge is -2.23. The van der Waals surface area contributed by atoms with Crippen molar-refractivity contribution >= 4 is 29.4 Å². The number of nitrogens with one attached hydrogen (secondary N) is 1. The smallest absolute Gasteiger partial charge is 0.325 e. The summed E-state index contributed by atoms with van der Waals surface area (Å²) in [5.74, 6) is -0.187. The zero-order chi connectivity index (χ0) is 21.2. The third kappa shape index (κ3) is 4.19. The van der Waals surface area contributed by atoms with Crippen molar-refractivity contribution in [1.29, 1.82) is 0 Å². The molecule has 1 heterocycles. The van der Waals surface area contributed by atoms with Crippen LogP contribution in [0.1, 0.15) is 18.1 Å². The maximum atomic E-state index is 13.0. The number of amides is 4. The number of carbonyl (C=O) groups is 3. The van der Waals surface area contributed by atoms with Gasteiger partial charge in [0.05, 0.1) is 7.11 Å². The molecule has 0 bridgehead atoms. The van der Waals surface area contributed by atoms with Gasteiger partial charge in [-0.1, -0.05) is 35.9 Å². The summed E-state index contributed by atoms with van der Waals surface area (Å²) in [5, 5.41) is 3.27. The number of imide groups is 1. The second-order valence-electron chi connectivity index (χ2n) is 7.05. The van der Waals surface area contributed by atoms with Crippen molar-refractivity contribution in [3.05, 3.63) is 64.7 Å². The fraction of sp³-hybridized carbons (Fsp3) is 0.286. The minimum absolute atomic E-state index is 0.318. The lowest BCUT2D eigenvalue weighted by molar-refractivity contribution is -0.138. The van der Waals surface area contributed by atoms with Gasteiger partial charge in [-0.2, -0.15) is 0 Å². The van der Waals surface area contributed by atoms with Gasteiger partial charge in [0.2, 0.25) is 5.91 Å². The van der Waals surface area contributed by atoms with Crippen LogP contribution in [-0.2, 0) is 21.7 Å². The summed E-state index contributed by atoms with van der Waals surface area (Å²) in [7, 11) is 3.16. The van der Waals surface area contributed by atoms with Crippen molar-refractivity contribution in [2.24, 2.45) is 0 Å². The Labute approximate surface area is 174 Å². The molecular weight excluding hydrogens is 394 g/mol. The fourth-order valence-electron chi connectivity index (χ4n) is 3.21. The highest BCUT2D eigenvalue weighted by Crippen LogP contribution is 2.30. The van der Waals surface area contributed by atoms with Crippen molar-refractivity contribution in [2.45, 2.75) is 19.0 Å². The number of rotatable bonds is 6. The maximum Gasteiger partial charge on any atom is 0.325 e. The number of nitrogens with zero attached hydrogens (tertiary/aromatic N) is 2. The molecular formula is C21H22ClN3O4. The van der Waals surface area contributed by atoms with Crippen LogP contribution in [0.5, 0.6) is 5.75 Å². The minimum Gasteiger partial charge on any atom is -0.497 e. The highest BCUT2D eigenvalue weighted by molar-refractivity contribution is 6.30. The van der Waals surface area contributed by atoms with Gasteiger partial charge >= 0.3 is 6.03 Å². The van der Waals surface area contributed by atoms with E-state index in [9.17, 15) is 14.4 Å². The van der Waals surface area contributed by atoms with E-state index in [1.54, 1.807) is 63.5 Å². The third-order valence-corrected chi connectivity index (χ3v) is 5.21. The molecule has 1 atom stereocenters. The average molecular weight is 416 g/mol. The van der Waals surface area contributed by atoms with Crippen LogP contribution >= 0.6 is 11.6 Å². The first-order chi connectivity index (χ1) is 13.7. The summed E-state index contributed by atoms with van der Waals surface area (Å²) in [4.78, 5) is 40.4. The molecule has 29 heavy (non-hydrogen) atoms. The molecule has 4 amide bonds. The molecule has 0 aliphatic carbocycles. The van der Waals surface area contributed by atoms with Gasteiger partial charge in [-0.05, 0) is 42.3 Å². The Morgan fingerprint density at radius 1 is 1.21 bits per heavy atom. The summed E-state index contributed by atoms with van der Waals surface area (Å²) in [6.45, 7) is 1.60. The number of hydrogen-bond donors (Lipinski definition) is 1. The molecule has 2 aromatic carbocycles. The van der Waals surface area contributed by atoms with Crippen LogP contribution < -0.4 is 10.1 Å². The molecule has 1 saturated heterocycles. The molecule has 7 nitrogen and oxygen atoms in total. The summed E-state index contributed by atoms with van der Waals surface area (Å²) in [6.07, 6.45) is 0. The number of benzene rings is 2. The van der Waals surface area contributed by atoms with Gasteiger partial charge in [-0.15, -0.1) is 0 Å². The van der Waals surface area contributed by atoms with E-state index in [0.29, 0.717) is 22.9 Å². The van der Waals surface area contributed by atoms with Crippen LogP contribution in [0.4, 0.5) is 4.79 Å². The van der Waals surface area contributed by atoms with Crippen LogP contribution in [0.25, 0.3) is 0 Å². The van der Waals surface area contributed by atoms with Crippen LogP contribution in [0.2, 0.25) is 5.02 Å². The highest BCUT2D eigenvalue weighted by atomic mass is 35.5. The van der Waals surface area contributed by atoms with Gasteiger partial charge in [-0.25, -0.2) is 4.79 Å². The average Bonchev–Trinajstić information content (AvgIpc) is 2.92. The number of hydrogen-bond acceptors (Lipinski definition) is 4. The predicted molar refractivity (Wildman–Crippen MR) is 109 cm³/mol. The van der Waals surface area contributed by atoms with Crippen molar-refractivity contribution in [2.75, 3.05) is 20.7 Å². The molecule has 2 aromatic rings. The van der Waals surface area contributed by atoms with Gasteiger partial charge in [0.1, 0.15) is 17.8 Å². The Morgan fingerprint density at radius 2 is 1.90 bits per heavy atom. The zero-order valence-electron chi connectivity index (χ0n) is 16.4. The molecule has 1 aliphatic rings. The van der Waals surface area contributed by atoms with Crippen LogP contribution in [-0.4, -0.2) is 48.3 Å². The molecule has 0 spiro atoms. The summed E-state index contributed by atoms with van der Waals surface area (Å²) < 4.78 is 5.13. The third-order valence-electron chi connectivity index (χ3n) is 4.97. The number of methoxy groups -OCH3 is 1. The molecule has 1 fully saturated rings. The van der Waals surface area contributed by atoms with Crippen molar-refractivity contribution < 1.29 is 19.1 Å². The predicted octanol–water partition coefficient (Wildman–Crippen LogP) is 2.77. The maximum absolute atomic E-state index is 13.0. The molecule has 0 unspecified atom stereocenters. The fourth-order valence-corrected chi connectivity index (χ4v) is 3.43. The van der Waals surface area contributed by atoms with E-state index in [0.717, 1.165) is 10.5 Å². The second kappa shape index (κ2) is 8.13. The zero-order valence-corrected chi connectivity index (χ0v) is 17.2. The Bertz CT molecular complexity index is 947. The van der Waals surface area contributed by atoms with Gasteiger partial charge in [-0.3, -0.25) is 14.5 Å². The van der Waals surface area contributed by atoms with E-state index >= 15 is 0 Å². The first-order valence-electron chi connectivity index (χ1n) is 9.01. The summed E-state index contributed by atoms with van der Waals surface area (Å²) in [5.41, 5.74) is 0.224. The van der Waals surface area contributed by atoms with Crippen LogP contribution in [0, 0.1) is 0 Å². The Hall–Kier alpha value is -3.06. The van der Waals surface area contributed by atoms with E-state index in [2.05, 4.69) is 5.32 Å². The quantitative estimate of drug-likeness (QED) is 0.736. The van der Waals surface area contributed by atoms with E-state index in [-0.39, 0.29) is 12.5 Å². The lowest BCUT2D eigenvalue weighted by Crippen LogP contribution is -2.43. The topological polar surface area (TPSA) is 79.0 Å². The number of halogens is 1. The normalized spacial score (nSPS) is 18.6. The standard InChI is InChI=1S/C21H22ClN3O4/c1-21(15-7-9-17(29-3)10-8-15)19(27)25(20(28)23-21)13-18(26)24(2)12-14-5-4-6-16(22)11-14/h4-11H,12-13H2,1-3H3,(H,23,28)/t21-/m1/s1. The Kier molecular flexibility index (Phi) is 5.79. The Morgan fingerprint density at radius 3 is 2.52 bits per heavy atom. The number of urea groups is 1. The van der Waals surface area contributed by atoms with E-state index in [4.69, 9.17) is 16.3 Å². The molecule has 0 radical (unpaired) electrons. The van der Waals surface area contributed by atoms with Gasteiger partial charge in [0, 0.05) is 18.6 Å². The SMILES string of the molecule is COc1ccc([C@@]2(C)NC(=O)N(CC(=O)N(C)Cc3cccc(Cl)c3)C2=O)cc1. The van der Waals surface area contributed by atoms with Crippen LogP contribution in [0.3, 0.4) is 0 Å². The minimum atomic E-state index is -1.24. The molecule has 1 aliphatic heterocycles. The van der Waals surface area contributed by atoms with E-state index in [1.165, 1.54) is 4.90 Å². The van der Waals surface area contributed by atoms with Crippen molar-refractivity contribution in [3.8, 4) is 5.75 Å². The second-order valence-corrected chi connectivity index (χ2v) is 7.49. The molecule has 152 valence electrons. The summed E-state index contributed by atoms with van der Waals surface area (Å²) >= 11 is 5.98. The number of carbonyl (C=O) groups excluding carboxylic acids is 3. The van der Waals surface area contributed by atoms with Crippen molar-refractivity contribution in [1.82, 2.24) is 15.1 Å². The largest absolute Gasteiger partial charge is 0.497 e. The van der Waals surface area contributed by atoms with E-state index < -0.39 is 17.5 Å².